The Kier molecular flexibility index (Phi) is 8.57. The van der Waals surface area contributed by atoms with Crippen molar-refractivity contribution < 1.29 is 4.43 Å². The summed E-state index contributed by atoms with van der Waals surface area (Å²) in [7, 11) is -1.38. The second kappa shape index (κ2) is 7.90. The van der Waals surface area contributed by atoms with Gasteiger partial charge in [-0.15, -0.1) is 0 Å². The molecule has 102 valence electrons. The van der Waals surface area contributed by atoms with Crippen molar-refractivity contribution in [1.29, 1.82) is 0 Å². The molecule has 0 aromatic heterocycles. The maximum absolute atomic E-state index is 6.11. The van der Waals surface area contributed by atoms with E-state index in [9.17, 15) is 0 Å². The van der Waals surface area contributed by atoms with E-state index in [4.69, 9.17) is 4.43 Å². The first-order valence-corrected chi connectivity index (χ1v) is 21.4. The second-order valence-electron chi connectivity index (χ2n) is 6.73. The molecule has 0 aliphatic heterocycles. The van der Waals surface area contributed by atoms with Crippen LogP contribution >= 0.6 is 22.6 Å². The molecule has 0 saturated carbocycles. The van der Waals surface area contributed by atoms with E-state index in [1.807, 2.05) is 0 Å². The molecule has 0 bridgehead atoms. The number of alkyl halides is 1. The molecule has 0 fully saturated rings. The van der Waals surface area contributed by atoms with E-state index in [0.717, 1.165) is 6.61 Å². The molecule has 1 unspecified atom stereocenters. The molecule has 0 aromatic rings. The number of halogens is 1. The molecule has 0 radical (unpaired) electrons. The molecule has 17 heavy (non-hydrogen) atoms. The standard InChI is InChI=1S/C10H20IOSi.3CH3.Sn/c1-5-10(7-6-8-11)9-12-13(2,3)4;;;;/h10H,1,6-9H2,2-4H3;3*1H3;. The van der Waals surface area contributed by atoms with Gasteiger partial charge < -0.3 is 0 Å². The molecule has 0 spiro atoms. The van der Waals surface area contributed by atoms with Crippen LogP contribution in [0.2, 0.25) is 34.5 Å². The molecular formula is C13H29IOSiSn. The molecule has 1 nitrogen and oxygen atoms in total. The van der Waals surface area contributed by atoms with Gasteiger partial charge in [0.05, 0.1) is 0 Å². The molecule has 0 N–H and O–H groups in total. The Bertz CT molecular complexity index is 243. The summed E-state index contributed by atoms with van der Waals surface area (Å²) in [6, 6.07) is 0. The first-order valence-electron chi connectivity index (χ1n) is 6.47. The summed E-state index contributed by atoms with van der Waals surface area (Å²) in [6.07, 6.45) is 2.56. The zero-order valence-corrected chi connectivity index (χ0v) is 18.4. The first kappa shape index (κ1) is 18.4. The topological polar surface area (TPSA) is 9.23 Å². The van der Waals surface area contributed by atoms with Gasteiger partial charge in [0.15, 0.2) is 0 Å². The van der Waals surface area contributed by atoms with Crippen molar-refractivity contribution in [1.82, 2.24) is 0 Å². The van der Waals surface area contributed by atoms with E-state index in [2.05, 4.69) is 63.6 Å². The van der Waals surface area contributed by atoms with Crippen molar-refractivity contribution in [3.05, 3.63) is 10.2 Å². The molecule has 0 heterocycles. The molecular weight excluding hydrogens is 446 g/mol. The molecule has 0 aliphatic rings. The fourth-order valence-electron chi connectivity index (χ4n) is 1.64. The maximum atomic E-state index is 6.11. The van der Waals surface area contributed by atoms with Gasteiger partial charge in [-0.25, -0.2) is 0 Å². The zero-order chi connectivity index (χ0) is 13.7. The van der Waals surface area contributed by atoms with E-state index in [0.29, 0.717) is 5.92 Å². The van der Waals surface area contributed by atoms with Gasteiger partial charge in [0.25, 0.3) is 0 Å². The zero-order valence-electron chi connectivity index (χ0n) is 12.4. The Balaban J connectivity index is 4.49. The minimum absolute atomic E-state index is 0.618. The quantitative estimate of drug-likeness (QED) is 0.270. The van der Waals surface area contributed by atoms with Crippen molar-refractivity contribution in [2.45, 2.75) is 47.3 Å². The Morgan fingerprint density at radius 2 is 1.82 bits per heavy atom. The van der Waals surface area contributed by atoms with Gasteiger partial charge >= 0.3 is 128 Å². The van der Waals surface area contributed by atoms with Crippen LogP contribution in [0.3, 0.4) is 0 Å². The summed E-state index contributed by atoms with van der Waals surface area (Å²) < 4.78 is 8.92. The fraction of sp³-hybridized carbons (Fsp3) is 0.846. The van der Waals surface area contributed by atoms with Crippen molar-refractivity contribution in [2.24, 2.45) is 5.92 Å². The monoisotopic (exact) mass is 476 g/mol. The van der Waals surface area contributed by atoms with Crippen LogP contribution in [0.4, 0.5) is 0 Å². The molecule has 0 amide bonds. The van der Waals surface area contributed by atoms with Gasteiger partial charge in [-0.05, 0) is 0 Å². The van der Waals surface area contributed by atoms with Gasteiger partial charge in [0.2, 0.25) is 0 Å². The van der Waals surface area contributed by atoms with Crippen molar-refractivity contribution in [3.63, 3.8) is 0 Å². The summed E-state index contributed by atoms with van der Waals surface area (Å²) in [5, 5.41) is 0. The molecule has 4 heteroatoms. The normalized spacial score (nSPS) is 14.8. The molecule has 1 atom stereocenters. The van der Waals surface area contributed by atoms with Crippen LogP contribution in [0.15, 0.2) is 10.2 Å². The van der Waals surface area contributed by atoms with Crippen molar-refractivity contribution in [2.75, 3.05) is 11.0 Å². The van der Waals surface area contributed by atoms with Gasteiger partial charge in [-0.3, -0.25) is 0 Å². The summed E-state index contributed by atoms with van der Waals surface area (Å²) in [4.78, 5) is 7.38. The number of hydrogen-bond donors (Lipinski definition) is 0. The SMILES string of the molecule is C=[C](C(CCCI)CO[Si](C)(C)C)[Sn]([CH3])([CH3])[CH3]. The summed E-state index contributed by atoms with van der Waals surface area (Å²) in [5.41, 5.74) is 0. The average molecular weight is 475 g/mol. The van der Waals surface area contributed by atoms with Gasteiger partial charge in [0, 0.05) is 0 Å². The number of hydrogen-bond acceptors (Lipinski definition) is 1. The van der Waals surface area contributed by atoms with Crippen LogP contribution in [0.25, 0.3) is 0 Å². The Morgan fingerprint density at radius 1 is 1.29 bits per heavy atom. The third-order valence-electron chi connectivity index (χ3n) is 2.86. The average Bonchev–Trinajstić information content (AvgIpc) is 2.14. The van der Waals surface area contributed by atoms with Crippen LogP contribution in [0.1, 0.15) is 12.8 Å². The second-order valence-corrected chi connectivity index (χ2v) is 27.0. The Labute approximate surface area is 127 Å². The summed E-state index contributed by atoms with van der Waals surface area (Å²) >= 11 is 0.504. The van der Waals surface area contributed by atoms with Crippen LogP contribution in [0.5, 0.6) is 0 Å². The molecule has 0 saturated heterocycles. The summed E-state index contributed by atoms with van der Waals surface area (Å²) in [6.45, 7) is 12.1. The third-order valence-corrected chi connectivity index (χ3v) is 11.3. The van der Waals surface area contributed by atoms with E-state index in [-0.39, 0.29) is 0 Å². The molecule has 0 rings (SSSR count). The van der Waals surface area contributed by atoms with Crippen LogP contribution in [0, 0.1) is 5.92 Å². The van der Waals surface area contributed by atoms with Gasteiger partial charge in [-0.2, -0.15) is 0 Å². The van der Waals surface area contributed by atoms with E-state index in [1.165, 1.54) is 17.3 Å². The predicted octanol–water partition coefficient (Wildman–Crippen LogP) is 5.10. The summed E-state index contributed by atoms with van der Waals surface area (Å²) in [5.74, 6) is 0.618. The predicted molar refractivity (Wildman–Crippen MR) is 93.4 cm³/mol. The van der Waals surface area contributed by atoms with Gasteiger partial charge in [0.1, 0.15) is 0 Å². The van der Waals surface area contributed by atoms with Crippen LogP contribution < -0.4 is 0 Å². The minimum atomic E-state index is -1.96. The fourth-order valence-corrected chi connectivity index (χ4v) is 6.93. The molecule has 0 aliphatic carbocycles. The van der Waals surface area contributed by atoms with Crippen LogP contribution in [-0.4, -0.2) is 37.7 Å². The van der Waals surface area contributed by atoms with Crippen molar-refractivity contribution in [3.8, 4) is 0 Å². The number of rotatable bonds is 8. The van der Waals surface area contributed by atoms with Crippen LogP contribution in [-0.2, 0) is 4.43 Å². The Morgan fingerprint density at radius 3 is 2.18 bits per heavy atom. The Hall–Kier alpha value is 1.45. The van der Waals surface area contributed by atoms with E-state index < -0.39 is 26.7 Å². The molecule has 0 aromatic carbocycles. The van der Waals surface area contributed by atoms with E-state index in [1.54, 1.807) is 3.59 Å². The third kappa shape index (κ3) is 9.05. The van der Waals surface area contributed by atoms with E-state index >= 15 is 0 Å². The first-order chi connectivity index (χ1) is 7.58. The van der Waals surface area contributed by atoms with Crippen molar-refractivity contribution >= 4 is 49.3 Å². The van der Waals surface area contributed by atoms with Gasteiger partial charge in [-0.1, -0.05) is 0 Å².